The molecule has 5 aromatic heterocycles. The Morgan fingerprint density at radius 3 is 2.23 bits per heavy atom. The molecular weight excluding hydrogens is 800 g/mol. The second kappa shape index (κ2) is 17.9. The first kappa shape index (κ1) is 41.2. The number of H-pyrrole nitrogens is 1. The first-order valence-corrected chi connectivity index (χ1v) is 19.5. The van der Waals surface area contributed by atoms with Crippen LogP contribution in [0.25, 0.3) is 43.8 Å². The van der Waals surface area contributed by atoms with Crippen LogP contribution in [-0.4, -0.2) is 59.9 Å². The SMILES string of the molecule is Cc1oc(-c2ccc(C(F)(F)F)cc2)nc1CCOc1ccc2[nH]cc(CC(=O)O)c2c1.Cc1sc(-c2ccncc2)nc1CCOc1ccc2c(ccn2CC(=O)O)c1. The molecule has 16 heteroatoms. The van der Waals surface area contributed by atoms with Crippen LogP contribution < -0.4 is 9.47 Å². The highest BCUT2D eigenvalue weighted by molar-refractivity contribution is 7.15. The number of aromatic nitrogens is 5. The van der Waals surface area contributed by atoms with Gasteiger partial charge in [0.25, 0.3) is 0 Å². The molecule has 0 amide bonds. The van der Waals surface area contributed by atoms with E-state index in [9.17, 15) is 22.8 Å². The molecule has 0 aliphatic carbocycles. The maximum Gasteiger partial charge on any atom is 0.416 e. The fourth-order valence-electron chi connectivity index (χ4n) is 6.50. The van der Waals surface area contributed by atoms with E-state index in [1.54, 1.807) is 59.7 Å². The molecule has 8 aromatic rings. The number of alkyl halides is 3. The number of oxazole rings is 1. The number of thiazole rings is 1. The number of rotatable bonds is 14. The number of carbonyl (C=O) groups is 2. The van der Waals surface area contributed by atoms with E-state index >= 15 is 0 Å². The maximum absolute atomic E-state index is 12.7. The summed E-state index contributed by atoms with van der Waals surface area (Å²) in [7, 11) is 0. The van der Waals surface area contributed by atoms with Gasteiger partial charge >= 0.3 is 18.1 Å². The van der Waals surface area contributed by atoms with E-state index in [0.29, 0.717) is 48.0 Å². The zero-order valence-electron chi connectivity index (χ0n) is 32.3. The first-order chi connectivity index (χ1) is 28.8. The molecular formula is C44H38F3N5O7S. The Morgan fingerprint density at radius 1 is 0.833 bits per heavy atom. The third-order valence-electron chi connectivity index (χ3n) is 9.52. The van der Waals surface area contributed by atoms with Crippen molar-refractivity contribution in [2.45, 2.75) is 45.8 Å². The van der Waals surface area contributed by atoms with Crippen molar-refractivity contribution in [2.24, 2.45) is 0 Å². The van der Waals surface area contributed by atoms with E-state index < -0.39 is 23.7 Å². The molecule has 0 bridgehead atoms. The number of ether oxygens (including phenoxy) is 2. The van der Waals surface area contributed by atoms with Gasteiger partial charge in [-0.2, -0.15) is 13.2 Å². The molecule has 0 fully saturated rings. The van der Waals surface area contributed by atoms with Gasteiger partial charge in [0.05, 0.1) is 36.6 Å². The Labute approximate surface area is 344 Å². The monoisotopic (exact) mass is 837 g/mol. The number of carboxylic acid groups (broad SMARTS) is 2. The summed E-state index contributed by atoms with van der Waals surface area (Å²) < 4.78 is 57.2. The minimum Gasteiger partial charge on any atom is -0.493 e. The fraction of sp³-hybridized carbons (Fsp3) is 0.205. The van der Waals surface area contributed by atoms with Gasteiger partial charge in [-0.25, -0.2) is 9.97 Å². The van der Waals surface area contributed by atoms with E-state index in [2.05, 4.69) is 21.9 Å². The van der Waals surface area contributed by atoms with Crippen molar-refractivity contribution in [1.29, 1.82) is 0 Å². The van der Waals surface area contributed by atoms with Gasteiger partial charge in [-0.15, -0.1) is 11.3 Å². The molecule has 3 aromatic carbocycles. The average molecular weight is 838 g/mol. The maximum atomic E-state index is 12.7. The van der Waals surface area contributed by atoms with Crippen LogP contribution in [0.4, 0.5) is 13.2 Å². The zero-order chi connectivity index (χ0) is 42.4. The molecule has 60 heavy (non-hydrogen) atoms. The van der Waals surface area contributed by atoms with E-state index in [1.807, 2.05) is 42.5 Å². The number of benzene rings is 3. The molecule has 12 nitrogen and oxygen atoms in total. The number of aliphatic carboxylic acids is 2. The van der Waals surface area contributed by atoms with Gasteiger partial charge in [-0.3, -0.25) is 14.6 Å². The van der Waals surface area contributed by atoms with Crippen LogP contribution in [0, 0.1) is 13.8 Å². The molecule has 0 aliphatic rings. The summed E-state index contributed by atoms with van der Waals surface area (Å²) in [5.74, 6) is 0.396. The molecule has 0 saturated heterocycles. The van der Waals surface area contributed by atoms with Crippen LogP contribution in [0.1, 0.15) is 33.2 Å². The van der Waals surface area contributed by atoms with Crippen molar-refractivity contribution in [3.8, 4) is 33.5 Å². The summed E-state index contributed by atoms with van der Waals surface area (Å²) in [6.45, 7) is 4.59. The Hall–Kier alpha value is -6.94. The molecule has 308 valence electrons. The summed E-state index contributed by atoms with van der Waals surface area (Å²) >= 11 is 1.68. The Bertz CT molecular complexity index is 2760. The van der Waals surface area contributed by atoms with E-state index in [-0.39, 0.29) is 18.9 Å². The number of nitrogens with one attached hydrogen (secondary N) is 1. The lowest BCUT2D eigenvalue weighted by molar-refractivity contribution is -0.138. The van der Waals surface area contributed by atoms with Crippen LogP contribution in [-0.2, 0) is 41.6 Å². The van der Waals surface area contributed by atoms with Crippen molar-refractivity contribution in [1.82, 2.24) is 24.5 Å². The molecule has 0 atom stereocenters. The standard InChI is InChI=1S/C23H19F3N2O4.C21H19N3O3S/c1-13-19(28-22(32-13)14-2-4-16(5-3-14)23(24,25)26)8-9-31-17-6-7-20-18(11-17)15(12-27-20)10-21(29)30;1-14-18(23-21(28-14)15-4-8-22-9-5-15)7-11-27-17-2-3-19-16(12-17)6-10-24(19)13-20(25)26/h2-7,11-12,27H,8-10H2,1H3,(H,29,30);2-6,8-10,12H,7,11,13H2,1H3,(H,25,26). The quantitative estimate of drug-likeness (QED) is 0.0960. The normalized spacial score (nSPS) is 11.4. The molecule has 3 N–H and O–H groups in total. The summed E-state index contributed by atoms with van der Waals surface area (Å²) in [6.07, 6.45) is 3.67. The van der Waals surface area contributed by atoms with Gasteiger partial charge in [0.15, 0.2) is 0 Å². The summed E-state index contributed by atoms with van der Waals surface area (Å²) in [6, 6.07) is 21.6. The molecule has 0 spiro atoms. The van der Waals surface area contributed by atoms with Crippen molar-refractivity contribution in [2.75, 3.05) is 13.2 Å². The zero-order valence-corrected chi connectivity index (χ0v) is 33.1. The first-order valence-electron chi connectivity index (χ1n) is 18.7. The highest BCUT2D eigenvalue weighted by Gasteiger charge is 2.30. The number of halogens is 3. The minimum atomic E-state index is -4.40. The summed E-state index contributed by atoms with van der Waals surface area (Å²) in [4.78, 5) is 39.3. The average Bonchev–Trinajstić information content (AvgIpc) is 4.01. The van der Waals surface area contributed by atoms with Gasteiger partial charge in [0.1, 0.15) is 28.8 Å². The molecule has 0 aliphatic heterocycles. The smallest absolute Gasteiger partial charge is 0.416 e. The van der Waals surface area contributed by atoms with Crippen molar-refractivity contribution >= 4 is 45.1 Å². The topological polar surface area (TPSA) is 166 Å². The van der Waals surface area contributed by atoms with Gasteiger partial charge in [0.2, 0.25) is 5.89 Å². The van der Waals surface area contributed by atoms with Crippen LogP contribution in [0.15, 0.2) is 108 Å². The molecule has 0 radical (unpaired) electrons. The van der Waals surface area contributed by atoms with Crippen LogP contribution in [0.3, 0.4) is 0 Å². The van der Waals surface area contributed by atoms with E-state index in [4.69, 9.17) is 29.1 Å². The highest BCUT2D eigenvalue weighted by Crippen LogP contribution is 2.32. The van der Waals surface area contributed by atoms with Crippen molar-refractivity contribution in [3.05, 3.63) is 137 Å². The van der Waals surface area contributed by atoms with Crippen LogP contribution in [0.2, 0.25) is 0 Å². The van der Waals surface area contributed by atoms with E-state index in [0.717, 1.165) is 62.4 Å². The second-order valence-corrected chi connectivity index (χ2v) is 14.9. The molecule has 5 heterocycles. The lowest BCUT2D eigenvalue weighted by atomic mass is 10.1. The number of aromatic amines is 1. The number of carboxylic acids is 2. The van der Waals surface area contributed by atoms with Gasteiger partial charge < -0.3 is 33.7 Å². The Balaban J connectivity index is 0.000000183. The highest BCUT2D eigenvalue weighted by atomic mass is 32.1. The lowest BCUT2D eigenvalue weighted by Crippen LogP contribution is -2.07. The number of aryl methyl sites for hydroxylation is 2. The number of hydrogen-bond donors (Lipinski definition) is 3. The van der Waals surface area contributed by atoms with Gasteiger partial charge in [-0.05, 0) is 98.3 Å². The predicted octanol–water partition coefficient (Wildman–Crippen LogP) is 9.57. The number of pyridine rings is 1. The minimum absolute atomic E-state index is 0.0490. The summed E-state index contributed by atoms with van der Waals surface area (Å²) in [5, 5.41) is 20.7. The third kappa shape index (κ3) is 10.0. The lowest BCUT2D eigenvalue weighted by Gasteiger charge is -2.07. The van der Waals surface area contributed by atoms with E-state index in [1.165, 1.54) is 17.0 Å². The number of fused-ring (bicyclic) bond motifs is 2. The number of hydrogen-bond acceptors (Lipinski definition) is 9. The molecule has 0 unspecified atom stereocenters. The van der Waals surface area contributed by atoms with Crippen LogP contribution >= 0.6 is 11.3 Å². The Morgan fingerprint density at radius 2 is 1.53 bits per heavy atom. The second-order valence-electron chi connectivity index (χ2n) is 13.7. The van der Waals surface area contributed by atoms with Crippen molar-refractivity contribution in [3.63, 3.8) is 0 Å². The molecule has 8 rings (SSSR count). The third-order valence-corrected chi connectivity index (χ3v) is 10.6. The van der Waals surface area contributed by atoms with Crippen molar-refractivity contribution < 1.29 is 46.9 Å². The number of nitrogens with zero attached hydrogens (tertiary/aromatic N) is 4. The Kier molecular flexibility index (Phi) is 12.3. The molecule has 0 saturated carbocycles. The van der Waals surface area contributed by atoms with Gasteiger partial charge in [-0.1, -0.05) is 0 Å². The summed E-state index contributed by atoms with van der Waals surface area (Å²) in [5.41, 5.74) is 4.87. The van der Waals surface area contributed by atoms with Crippen LogP contribution in [0.5, 0.6) is 11.5 Å². The largest absolute Gasteiger partial charge is 0.493 e. The predicted molar refractivity (Wildman–Crippen MR) is 219 cm³/mol. The fourth-order valence-corrected chi connectivity index (χ4v) is 7.47. The van der Waals surface area contributed by atoms with Gasteiger partial charge in [0, 0.05) is 75.4 Å².